The fraction of sp³-hybridized carbons (Fsp3) is 0.562. The van der Waals surface area contributed by atoms with Crippen LogP contribution in [0.15, 0.2) is 18.2 Å². The molecule has 1 aromatic carbocycles. The number of benzene rings is 1. The van der Waals surface area contributed by atoms with Crippen molar-refractivity contribution in [2.75, 3.05) is 13.2 Å². The zero-order valence-corrected chi connectivity index (χ0v) is 13.3. The molecule has 0 saturated carbocycles. The molecule has 1 amide bonds. The van der Waals surface area contributed by atoms with Gasteiger partial charge in [-0.05, 0) is 52.3 Å². The van der Waals surface area contributed by atoms with Crippen LogP contribution in [0.3, 0.4) is 0 Å². The minimum Gasteiger partial charge on any atom is -0.486 e. The number of nitrogens with one attached hydrogen (secondary N) is 1. The predicted molar refractivity (Wildman–Crippen MR) is 79.8 cm³/mol. The van der Waals surface area contributed by atoms with E-state index in [9.17, 15) is 4.79 Å². The Morgan fingerprint density at radius 1 is 1.10 bits per heavy atom. The molecule has 0 fully saturated rings. The van der Waals surface area contributed by atoms with Crippen LogP contribution >= 0.6 is 0 Å². The van der Waals surface area contributed by atoms with E-state index in [1.807, 2.05) is 52.8 Å². The third kappa shape index (κ3) is 4.03. The first-order valence-corrected chi connectivity index (χ1v) is 7.09. The summed E-state index contributed by atoms with van der Waals surface area (Å²) in [5.74, 6) is 1.44. The van der Waals surface area contributed by atoms with Crippen molar-refractivity contribution >= 4 is 6.09 Å². The molecule has 0 atom stereocenters. The highest BCUT2D eigenvalue weighted by Crippen LogP contribution is 2.34. The van der Waals surface area contributed by atoms with Crippen LogP contribution in [0.5, 0.6) is 11.5 Å². The van der Waals surface area contributed by atoms with Gasteiger partial charge in [-0.1, -0.05) is 6.07 Å². The fourth-order valence-corrected chi connectivity index (χ4v) is 2.06. The molecule has 2 rings (SSSR count). The maximum absolute atomic E-state index is 11.9. The van der Waals surface area contributed by atoms with E-state index in [1.165, 1.54) is 0 Å². The van der Waals surface area contributed by atoms with E-state index in [1.54, 1.807) is 0 Å². The lowest BCUT2D eigenvalue weighted by atomic mass is 9.94. The van der Waals surface area contributed by atoms with Crippen molar-refractivity contribution in [3.05, 3.63) is 23.8 Å². The van der Waals surface area contributed by atoms with Gasteiger partial charge in [-0.3, -0.25) is 0 Å². The first-order chi connectivity index (χ1) is 9.67. The lowest BCUT2D eigenvalue weighted by molar-refractivity contribution is 0.0470. The smallest absolute Gasteiger partial charge is 0.408 e. The standard InChI is InChI=1S/C16H23NO4/c1-15(2,3)21-14(18)17-16(4,5)11-6-7-12-13(10-11)20-9-8-19-12/h6-7,10H,8-9H2,1-5H3,(H,17,18). The number of hydrogen-bond acceptors (Lipinski definition) is 4. The molecule has 5 nitrogen and oxygen atoms in total. The molecule has 0 unspecified atom stereocenters. The molecular formula is C16H23NO4. The molecule has 21 heavy (non-hydrogen) atoms. The van der Waals surface area contributed by atoms with Gasteiger partial charge < -0.3 is 19.5 Å². The minimum absolute atomic E-state index is 0.442. The van der Waals surface area contributed by atoms with Gasteiger partial charge in [0.15, 0.2) is 11.5 Å². The summed E-state index contributed by atoms with van der Waals surface area (Å²) in [6, 6.07) is 5.68. The van der Waals surface area contributed by atoms with Gasteiger partial charge in [0, 0.05) is 0 Å². The largest absolute Gasteiger partial charge is 0.486 e. The van der Waals surface area contributed by atoms with Crippen molar-refractivity contribution in [3.63, 3.8) is 0 Å². The lowest BCUT2D eigenvalue weighted by Gasteiger charge is -2.30. The van der Waals surface area contributed by atoms with E-state index < -0.39 is 17.2 Å². The van der Waals surface area contributed by atoms with Crippen molar-refractivity contribution < 1.29 is 19.0 Å². The predicted octanol–water partition coefficient (Wildman–Crippen LogP) is 3.22. The zero-order chi connectivity index (χ0) is 15.7. The summed E-state index contributed by atoms with van der Waals surface area (Å²) < 4.78 is 16.4. The molecule has 1 aromatic rings. The number of rotatable bonds is 2. The topological polar surface area (TPSA) is 56.8 Å². The summed E-state index contributed by atoms with van der Waals surface area (Å²) in [7, 11) is 0. The first-order valence-electron chi connectivity index (χ1n) is 7.09. The molecule has 1 aliphatic heterocycles. The Kier molecular flexibility index (Phi) is 4.03. The number of fused-ring (bicyclic) bond motifs is 1. The molecule has 1 N–H and O–H groups in total. The summed E-state index contributed by atoms with van der Waals surface area (Å²) in [6.07, 6.45) is -0.442. The van der Waals surface area contributed by atoms with Gasteiger partial charge in [-0.25, -0.2) is 4.79 Å². The van der Waals surface area contributed by atoms with Crippen molar-refractivity contribution in [2.45, 2.75) is 45.8 Å². The Bertz CT molecular complexity index is 532. The van der Waals surface area contributed by atoms with E-state index >= 15 is 0 Å². The van der Waals surface area contributed by atoms with Gasteiger partial charge in [0.1, 0.15) is 18.8 Å². The Labute approximate surface area is 125 Å². The van der Waals surface area contributed by atoms with Crippen LogP contribution in [0.2, 0.25) is 0 Å². The molecule has 1 aliphatic rings. The molecule has 0 spiro atoms. The van der Waals surface area contributed by atoms with E-state index in [-0.39, 0.29) is 0 Å². The minimum atomic E-state index is -0.571. The Morgan fingerprint density at radius 2 is 1.71 bits per heavy atom. The summed E-state index contributed by atoms with van der Waals surface area (Å²) in [5.41, 5.74) is -0.164. The van der Waals surface area contributed by atoms with Crippen LogP contribution in [0.4, 0.5) is 4.79 Å². The SMILES string of the molecule is CC(C)(C)OC(=O)NC(C)(C)c1ccc2c(c1)OCCO2. The second-order valence-electron chi connectivity index (χ2n) is 6.61. The summed E-state index contributed by atoms with van der Waals surface area (Å²) in [5, 5.41) is 2.88. The second kappa shape index (κ2) is 5.47. The lowest BCUT2D eigenvalue weighted by Crippen LogP contribution is -2.43. The van der Waals surface area contributed by atoms with Crippen molar-refractivity contribution in [3.8, 4) is 11.5 Å². The summed E-state index contributed by atoms with van der Waals surface area (Å²) >= 11 is 0. The normalized spacial score (nSPS) is 14.5. The van der Waals surface area contributed by atoms with Crippen molar-refractivity contribution in [1.82, 2.24) is 5.32 Å². The van der Waals surface area contributed by atoms with Crippen LogP contribution in [-0.2, 0) is 10.3 Å². The number of carbonyl (C=O) groups excluding carboxylic acids is 1. The molecule has 0 radical (unpaired) electrons. The monoisotopic (exact) mass is 293 g/mol. The highest BCUT2D eigenvalue weighted by molar-refractivity contribution is 5.69. The maximum Gasteiger partial charge on any atom is 0.408 e. The average molecular weight is 293 g/mol. The quantitative estimate of drug-likeness (QED) is 0.909. The van der Waals surface area contributed by atoms with Gasteiger partial charge in [0.05, 0.1) is 5.54 Å². The number of carbonyl (C=O) groups is 1. The number of hydrogen-bond donors (Lipinski definition) is 1. The third-order valence-corrected chi connectivity index (χ3v) is 3.08. The Hall–Kier alpha value is -1.91. The zero-order valence-electron chi connectivity index (χ0n) is 13.3. The van der Waals surface area contributed by atoms with E-state index in [2.05, 4.69) is 5.32 Å². The van der Waals surface area contributed by atoms with E-state index in [0.29, 0.717) is 19.0 Å². The summed E-state index contributed by atoms with van der Waals surface area (Å²) in [6.45, 7) is 10.4. The number of ether oxygens (including phenoxy) is 3. The van der Waals surface area contributed by atoms with Crippen molar-refractivity contribution in [1.29, 1.82) is 0 Å². The Morgan fingerprint density at radius 3 is 2.33 bits per heavy atom. The number of amides is 1. The fourth-order valence-electron chi connectivity index (χ4n) is 2.06. The highest BCUT2D eigenvalue weighted by Gasteiger charge is 2.27. The van der Waals surface area contributed by atoms with Gasteiger partial charge in [0.25, 0.3) is 0 Å². The van der Waals surface area contributed by atoms with Crippen LogP contribution in [-0.4, -0.2) is 24.9 Å². The highest BCUT2D eigenvalue weighted by atomic mass is 16.6. The molecule has 0 bridgehead atoms. The van der Waals surface area contributed by atoms with Gasteiger partial charge in [0.2, 0.25) is 0 Å². The molecule has 0 aromatic heterocycles. The third-order valence-electron chi connectivity index (χ3n) is 3.08. The molecule has 0 aliphatic carbocycles. The molecule has 0 saturated heterocycles. The van der Waals surface area contributed by atoms with E-state index in [0.717, 1.165) is 11.3 Å². The molecule has 5 heteroatoms. The van der Waals surface area contributed by atoms with Crippen LogP contribution < -0.4 is 14.8 Å². The van der Waals surface area contributed by atoms with Gasteiger partial charge in [-0.15, -0.1) is 0 Å². The molecular weight excluding hydrogens is 270 g/mol. The molecule has 1 heterocycles. The maximum atomic E-state index is 11.9. The average Bonchev–Trinajstić information content (AvgIpc) is 2.35. The van der Waals surface area contributed by atoms with Crippen molar-refractivity contribution in [2.24, 2.45) is 0 Å². The van der Waals surface area contributed by atoms with Gasteiger partial charge >= 0.3 is 6.09 Å². The van der Waals surface area contributed by atoms with Crippen LogP contribution in [0.1, 0.15) is 40.2 Å². The van der Waals surface area contributed by atoms with E-state index in [4.69, 9.17) is 14.2 Å². The van der Waals surface area contributed by atoms with Crippen LogP contribution in [0, 0.1) is 0 Å². The Balaban J connectivity index is 2.13. The summed E-state index contributed by atoms with van der Waals surface area (Å²) in [4.78, 5) is 11.9. The first kappa shape index (κ1) is 15.5. The second-order valence-corrected chi connectivity index (χ2v) is 6.61. The van der Waals surface area contributed by atoms with Gasteiger partial charge in [-0.2, -0.15) is 0 Å². The van der Waals surface area contributed by atoms with Crippen LogP contribution in [0.25, 0.3) is 0 Å². The number of alkyl carbamates (subject to hydrolysis) is 1. The molecule has 116 valence electrons.